The molecule has 5 nitrogen and oxygen atoms in total. The lowest BCUT2D eigenvalue weighted by molar-refractivity contribution is -0.0855. The van der Waals surface area contributed by atoms with Gasteiger partial charge in [0.2, 0.25) is 0 Å². The molecule has 1 aliphatic rings. The van der Waals surface area contributed by atoms with Gasteiger partial charge in [-0.2, -0.15) is 0 Å². The number of hydrogen-bond acceptors (Lipinski definition) is 4. The molecule has 110 valence electrons. The van der Waals surface area contributed by atoms with Crippen molar-refractivity contribution >= 4 is 23.2 Å². The van der Waals surface area contributed by atoms with Gasteiger partial charge in [0, 0.05) is 23.8 Å². The van der Waals surface area contributed by atoms with Gasteiger partial charge in [-0.05, 0) is 25.1 Å². The Morgan fingerprint density at radius 3 is 3.00 bits per heavy atom. The van der Waals surface area contributed by atoms with Gasteiger partial charge in [-0.25, -0.2) is 0 Å². The highest BCUT2D eigenvalue weighted by Crippen LogP contribution is 2.20. The molecule has 1 fully saturated rings. The third-order valence-electron chi connectivity index (χ3n) is 2.97. The number of amides is 1. The van der Waals surface area contributed by atoms with Crippen LogP contribution in [0, 0.1) is 0 Å². The summed E-state index contributed by atoms with van der Waals surface area (Å²) >= 11 is 5.96. The lowest BCUT2D eigenvalue weighted by Gasteiger charge is -2.23. The molecule has 2 N–H and O–H groups in total. The number of benzene rings is 1. The molecule has 1 amide bonds. The summed E-state index contributed by atoms with van der Waals surface area (Å²) in [5.74, 6) is -0.169. The van der Waals surface area contributed by atoms with E-state index in [1.807, 2.05) is 6.92 Å². The minimum atomic E-state index is -0.169. The zero-order valence-corrected chi connectivity index (χ0v) is 12.2. The lowest BCUT2D eigenvalue weighted by Crippen LogP contribution is -2.39. The van der Waals surface area contributed by atoms with Crippen molar-refractivity contribution in [3.05, 3.63) is 28.8 Å². The molecule has 1 heterocycles. The van der Waals surface area contributed by atoms with Crippen LogP contribution in [0.4, 0.5) is 5.69 Å². The average Bonchev–Trinajstić information content (AvgIpc) is 2.48. The summed E-state index contributed by atoms with van der Waals surface area (Å²) < 4.78 is 10.8. The highest BCUT2D eigenvalue weighted by Gasteiger charge is 2.17. The number of nitrogens with one attached hydrogen (secondary N) is 2. The van der Waals surface area contributed by atoms with Crippen molar-refractivity contribution in [2.24, 2.45) is 0 Å². The smallest absolute Gasteiger partial charge is 0.253 e. The van der Waals surface area contributed by atoms with E-state index in [9.17, 15) is 4.79 Å². The topological polar surface area (TPSA) is 59.6 Å². The molecule has 0 radical (unpaired) electrons. The van der Waals surface area contributed by atoms with Gasteiger partial charge in [0.25, 0.3) is 5.91 Å². The first-order valence-corrected chi connectivity index (χ1v) is 7.09. The van der Waals surface area contributed by atoms with Gasteiger partial charge in [-0.15, -0.1) is 0 Å². The third-order valence-corrected chi connectivity index (χ3v) is 3.20. The van der Waals surface area contributed by atoms with Crippen LogP contribution in [0.15, 0.2) is 18.2 Å². The highest BCUT2D eigenvalue weighted by atomic mass is 35.5. The molecule has 0 aliphatic carbocycles. The van der Waals surface area contributed by atoms with Crippen LogP contribution in [0.25, 0.3) is 0 Å². The zero-order valence-electron chi connectivity index (χ0n) is 11.4. The zero-order chi connectivity index (χ0) is 14.4. The van der Waals surface area contributed by atoms with Crippen LogP contribution in [0.1, 0.15) is 17.3 Å². The summed E-state index contributed by atoms with van der Waals surface area (Å²) in [4.78, 5) is 12.2. The molecule has 1 aliphatic heterocycles. The SMILES string of the molecule is CCNc1ccc(Cl)cc1C(=O)NCC1COCCO1. The molecule has 20 heavy (non-hydrogen) atoms. The van der Waals surface area contributed by atoms with Crippen molar-refractivity contribution in [2.75, 3.05) is 38.2 Å². The van der Waals surface area contributed by atoms with Gasteiger partial charge in [-0.1, -0.05) is 11.6 Å². The number of carbonyl (C=O) groups is 1. The molecule has 0 aromatic heterocycles. The van der Waals surface area contributed by atoms with Gasteiger partial charge in [0.15, 0.2) is 0 Å². The highest BCUT2D eigenvalue weighted by molar-refractivity contribution is 6.31. The predicted molar refractivity (Wildman–Crippen MR) is 78.5 cm³/mol. The normalized spacial score (nSPS) is 18.6. The maximum absolute atomic E-state index is 12.2. The Kier molecular flexibility index (Phi) is 5.64. The van der Waals surface area contributed by atoms with Crippen molar-refractivity contribution in [3.8, 4) is 0 Å². The van der Waals surface area contributed by atoms with E-state index in [0.29, 0.717) is 37.0 Å². The number of anilines is 1. The molecule has 1 aromatic rings. The van der Waals surface area contributed by atoms with E-state index < -0.39 is 0 Å². The van der Waals surface area contributed by atoms with Crippen molar-refractivity contribution < 1.29 is 14.3 Å². The second-order valence-corrected chi connectivity index (χ2v) is 4.93. The van der Waals surface area contributed by atoms with E-state index in [4.69, 9.17) is 21.1 Å². The van der Waals surface area contributed by atoms with E-state index in [1.165, 1.54) is 0 Å². The quantitative estimate of drug-likeness (QED) is 0.872. The van der Waals surface area contributed by atoms with E-state index in [0.717, 1.165) is 12.2 Å². The second-order valence-electron chi connectivity index (χ2n) is 4.50. The molecule has 1 aromatic carbocycles. The molecular weight excluding hydrogens is 280 g/mol. The van der Waals surface area contributed by atoms with E-state index in [1.54, 1.807) is 18.2 Å². The van der Waals surface area contributed by atoms with Crippen LogP contribution in [-0.2, 0) is 9.47 Å². The summed E-state index contributed by atoms with van der Waals surface area (Å²) in [7, 11) is 0. The molecule has 1 atom stereocenters. The van der Waals surface area contributed by atoms with Crippen LogP contribution in [-0.4, -0.2) is 44.9 Å². The van der Waals surface area contributed by atoms with Crippen LogP contribution in [0.2, 0.25) is 5.02 Å². The molecular formula is C14H19ClN2O3. The number of hydrogen-bond donors (Lipinski definition) is 2. The molecule has 6 heteroatoms. The summed E-state index contributed by atoms with van der Waals surface area (Å²) in [6.07, 6.45) is -0.0885. The second kappa shape index (κ2) is 7.47. The Morgan fingerprint density at radius 2 is 2.30 bits per heavy atom. The lowest BCUT2D eigenvalue weighted by atomic mass is 10.1. The number of halogens is 1. The van der Waals surface area contributed by atoms with E-state index >= 15 is 0 Å². The summed E-state index contributed by atoms with van der Waals surface area (Å²) in [5.41, 5.74) is 1.31. The molecule has 1 saturated heterocycles. The largest absolute Gasteiger partial charge is 0.385 e. The minimum Gasteiger partial charge on any atom is -0.385 e. The van der Waals surface area contributed by atoms with Gasteiger partial charge in [-0.3, -0.25) is 4.79 Å². The molecule has 1 unspecified atom stereocenters. The Labute approximate surface area is 123 Å². The van der Waals surface area contributed by atoms with Gasteiger partial charge in [0.1, 0.15) is 0 Å². The summed E-state index contributed by atoms with van der Waals surface area (Å²) in [6, 6.07) is 5.22. The van der Waals surface area contributed by atoms with Crippen molar-refractivity contribution in [3.63, 3.8) is 0 Å². The van der Waals surface area contributed by atoms with Crippen LogP contribution in [0.5, 0.6) is 0 Å². The summed E-state index contributed by atoms with van der Waals surface area (Å²) in [6.45, 7) is 4.83. The van der Waals surface area contributed by atoms with E-state index in [2.05, 4.69) is 10.6 Å². The fourth-order valence-electron chi connectivity index (χ4n) is 2.01. The Morgan fingerprint density at radius 1 is 1.45 bits per heavy atom. The average molecular weight is 299 g/mol. The fourth-order valence-corrected chi connectivity index (χ4v) is 2.18. The van der Waals surface area contributed by atoms with Gasteiger partial charge in [0.05, 0.1) is 31.5 Å². The van der Waals surface area contributed by atoms with Crippen molar-refractivity contribution in [2.45, 2.75) is 13.0 Å². The Hall–Kier alpha value is -1.30. The number of ether oxygens (including phenoxy) is 2. The van der Waals surface area contributed by atoms with Gasteiger partial charge >= 0.3 is 0 Å². The molecule has 0 saturated carbocycles. The maximum atomic E-state index is 12.2. The van der Waals surface area contributed by atoms with Crippen LogP contribution in [0.3, 0.4) is 0 Å². The van der Waals surface area contributed by atoms with Crippen molar-refractivity contribution in [1.29, 1.82) is 0 Å². The van der Waals surface area contributed by atoms with E-state index in [-0.39, 0.29) is 12.0 Å². The minimum absolute atomic E-state index is 0.0885. The monoisotopic (exact) mass is 298 g/mol. The first kappa shape index (κ1) is 15.1. The van der Waals surface area contributed by atoms with Crippen molar-refractivity contribution in [1.82, 2.24) is 5.32 Å². The van der Waals surface area contributed by atoms with Crippen LogP contribution >= 0.6 is 11.6 Å². The maximum Gasteiger partial charge on any atom is 0.253 e. The first-order chi connectivity index (χ1) is 9.70. The molecule has 0 spiro atoms. The summed E-state index contributed by atoms with van der Waals surface area (Å²) in [5, 5.41) is 6.54. The third kappa shape index (κ3) is 4.10. The number of carbonyl (C=O) groups excluding carboxylic acids is 1. The molecule has 0 bridgehead atoms. The predicted octanol–water partition coefficient (Wildman–Crippen LogP) is 1.92. The van der Waals surface area contributed by atoms with Gasteiger partial charge < -0.3 is 20.1 Å². The fraction of sp³-hybridized carbons (Fsp3) is 0.500. The molecule has 2 rings (SSSR count). The Balaban J connectivity index is 1.98. The number of rotatable bonds is 5. The van der Waals surface area contributed by atoms with Crippen LogP contribution < -0.4 is 10.6 Å². The standard InChI is InChI=1S/C14H19ClN2O3/c1-2-16-13-4-3-10(15)7-12(13)14(18)17-8-11-9-19-5-6-20-11/h3-4,7,11,16H,2,5-6,8-9H2,1H3,(H,17,18). The first-order valence-electron chi connectivity index (χ1n) is 6.71. The Bertz CT molecular complexity index is 462.